The first-order valence-electron chi connectivity index (χ1n) is 7.81. The molecule has 3 nitrogen and oxygen atoms in total. The zero-order valence-electron chi connectivity index (χ0n) is 14.3. The molecule has 4 heteroatoms. The molecule has 0 saturated heterocycles. The van der Waals surface area contributed by atoms with Gasteiger partial charge in [-0.1, -0.05) is 30.3 Å². The number of aromatic nitrogens is 1. The van der Waals surface area contributed by atoms with Gasteiger partial charge in [0, 0.05) is 37.4 Å². The zero-order valence-corrected chi connectivity index (χ0v) is 15.1. The maximum Gasteiger partial charge on any atom is 0.0998 e. The molecular weight excluding hydrogens is 330 g/mol. The van der Waals surface area contributed by atoms with Gasteiger partial charge in [-0.3, -0.25) is 0 Å². The Morgan fingerprint density at radius 1 is 0.960 bits per heavy atom. The highest BCUT2D eigenvalue weighted by molar-refractivity contribution is 5.89. The van der Waals surface area contributed by atoms with Crippen LogP contribution in [0.15, 0.2) is 72.9 Å². The molecule has 0 aliphatic rings. The summed E-state index contributed by atoms with van der Waals surface area (Å²) >= 11 is 0. The maximum absolute atomic E-state index is 9.50. The fraction of sp³-hybridized carbons (Fsp3) is 0.0952. The molecule has 0 atom stereocenters. The molecule has 0 spiro atoms. The van der Waals surface area contributed by atoms with Crippen LogP contribution in [0.5, 0.6) is 0 Å². The van der Waals surface area contributed by atoms with Crippen LogP contribution in [0.25, 0.3) is 17.3 Å². The van der Waals surface area contributed by atoms with Crippen LogP contribution in [0, 0.1) is 11.3 Å². The van der Waals surface area contributed by atoms with E-state index in [1.807, 2.05) is 68.8 Å². The summed E-state index contributed by atoms with van der Waals surface area (Å²) in [6.45, 7) is 0. The van der Waals surface area contributed by atoms with Crippen molar-refractivity contribution in [2.75, 3.05) is 19.0 Å². The molecule has 3 rings (SSSR count). The Bertz CT molecular complexity index is 885. The molecule has 2 aromatic carbocycles. The van der Waals surface area contributed by atoms with Crippen LogP contribution >= 0.6 is 12.4 Å². The van der Waals surface area contributed by atoms with Crippen LogP contribution in [0.4, 0.5) is 5.69 Å². The minimum atomic E-state index is 0. The van der Waals surface area contributed by atoms with Crippen molar-refractivity contribution in [3.63, 3.8) is 0 Å². The number of nitriles is 1. The fourth-order valence-corrected chi connectivity index (χ4v) is 2.60. The number of hydrogen-bond acceptors (Lipinski definition) is 2. The lowest BCUT2D eigenvalue weighted by Crippen LogP contribution is -2.08. The number of nitrogens with zero attached hydrogens (tertiary/aromatic N) is 3. The topological polar surface area (TPSA) is 32.0 Å². The van der Waals surface area contributed by atoms with Crippen molar-refractivity contribution in [2.45, 2.75) is 0 Å². The standard InChI is InChI=1S/C21H19N3.ClH/c1-23(2)19-10-12-20(13-11-19)24-14-6-9-21(24)15-18(16-22)17-7-4-3-5-8-17;/h3-15H,1-2H3;1H. The number of rotatable bonds is 4. The molecular formula is C21H20ClN3. The van der Waals surface area contributed by atoms with Gasteiger partial charge in [0.1, 0.15) is 0 Å². The lowest BCUT2D eigenvalue weighted by molar-refractivity contribution is 1.06. The van der Waals surface area contributed by atoms with E-state index < -0.39 is 0 Å². The van der Waals surface area contributed by atoms with Gasteiger partial charge in [-0.05, 0) is 48.0 Å². The highest BCUT2D eigenvalue weighted by Gasteiger charge is 2.05. The summed E-state index contributed by atoms with van der Waals surface area (Å²) in [7, 11) is 4.05. The smallest absolute Gasteiger partial charge is 0.0998 e. The second-order valence-electron chi connectivity index (χ2n) is 5.75. The van der Waals surface area contributed by atoms with E-state index in [1.54, 1.807) is 0 Å². The summed E-state index contributed by atoms with van der Waals surface area (Å²) in [6, 6.07) is 24.4. The third-order valence-electron chi connectivity index (χ3n) is 3.92. The Morgan fingerprint density at radius 2 is 1.64 bits per heavy atom. The first-order valence-corrected chi connectivity index (χ1v) is 7.81. The van der Waals surface area contributed by atoms with Gasteiger partial charge < -0.3 is 9.47 Å². The molecule has 0 fully saturated rings. The molecule has 25 heavy (non-hydrogen) atoms. The molecule has 0 radical (unpaired) electrons. The van der Waals surface area contributed by atoms with Crippen molar-refractivity contribution in [3.05, 3.63) is 84.2 Å². The van der Waals surface area contributed by atoms with E-state index in [0.717, 1.165) is 22.6 Å². The largest absolute Gasteiger partial charge is 0.378 e. The van der Waals surface area contributed by atoms with Crippen molar-refractivity contribution in [1.82, 2.24) is 4.57 Å². The summed E-state index contributed by atoms with van der Waals surface area (Å²) in [5.41, 5.74) is 4.79. The lowest BCUT2D eigenvalue weighted by atomic mass is 10.1. The average molecular weight is 350 g/mol. The predicted molar refractivity (Wildman–Crippen MR) is 107 cm³/mol. The number of hydrogen-bond donors (Lipinski definition) is 0. The first-order chi connectivity index (χ1) is 11.7. The number of benzene rings is 2. The highest BCUT2D eigenvalue weighted by atomic mass is 35.5. The molecule has 0 aliphatic carbocycles. The van der Waals surface area contributed by atoms with Crippen LogP contribution in [0.1, 0.15) is 11.3 Å². The Balaban J connectivity index is 0.00000225. The molecule has 3 aromatic rings. The third kappa shape index (κ3) is 4.12. The van der Waals surface area contributed by atoms with Gasteiger partial charge in [-0.25, -0.2) is 0 Å². The Labute approximate surface area is 154 Å². The van der Waals surface area contributed by atoms with Crippen molar-refractivity contribution < 1.29 is 0 Å². The van der Waals surface area contributed by atoms with Crippen molar-refractivity contribution in [1.29, 1.82) is 5.26 Å². The van der Waals surface area contributed by atoms with E-state index >= 15 is 0 Å². The zero-order chi connectivity index (χ0) is 16.9. The van der Waals surface area contributed by atoms with Crippen LogP contribution < -0.4 is 4.90 Å². The summed E-state index contributed by atoms with van der Waals surface area (Å²) in [4.78, 5) is 2.07. The van der Waals surface area contributed by atoms with Gasteiger partial charge in [0.2, 0.25) is 0 Å². The minimum Gasteiger partial charge on any atom is -0.378 e. The molecule has 0 N–H and O–H groups in total. The van der Waals surface area contributed by atoms with E-state index in [1.165, 1.54) is 0 Å². The van der Waals surface area contributed by atoms with E-state index in [4.69, 9.17) is 0 Å². The van der Waals surface area contributed by atoms with Crippen LogP contribution in [-0.4, -0.2) is 18.7 Å². The molecule has 0 amide bonds. The predicted octanol–water partition coefficient (Wildman–Crippen LogP) is 5.03. The van der Waals surface area contributed by atoms with E-state index in [2.05, 4.69) is 39.8 Å². The van der Waals surface area contributed by atoms with E-state index in [0.29, 0.717) is 5.57 Å². The van der Waals surface area contributed by atoms with Crippen LogP contribution in [0.3, 0.4) is 0 Å². The Morgan fingerprint density at radius 3 is 2.24 bits per heavy atom. The Hall–Kier alpha value is -2.96. The summed E-state index contributed by atoms with van der Waals surface area (Å²) in [6.07, 6.45) is 3.94. The van der Waals surface area contributed by atoms with Crippen LogP contribution in [-0.2, 0) is 0 Å². The fourth-order valence-electron chi connectivity index (χ4n) is 2.60. The SMILES string of the molecule is CN(C)c1ccc(-n2cccc2C=C(C#N)c2ccccc2)cc1.Cl. The lowest BCUT2D eigenvalue weighted by Gasteiger charge is -2.14. The number of allylic oxidation sites excluding steroid dienone is 1. The Kier molecular flexibility index (Phi) is 6.05. The first kappa shape index (κ1) is 18.4. The van der Waals surface area contributed by atoms with Gasteiger partial charge >= 0.3 is 0 Å². The van der Waals surface area contributed by atoms with Crippen LogP contribution in [0.2, 0.25) is 0 Å². The molecule has 126 valence electrons. The molecule has 1 aromatic heterocycles. The summed E-state index contributed by atoms with van der Waals surface area (Å²) < 4.78 is 2.08. The van der Waals surface area contributed by atoms with Gasteiger partial charge in [0.05, 0.1) is 11.6 Å². The molecule has 0 unspecified atom stereocenters. The monoisotopic (exact) mass is 349 g/mol. The summed E-state index contributed by atoms with van der Waals surface area (Å²) in [5.74, 6) is 0. The third-order valence-corrected chi connectivity index (χ3v) is 3.92. The van der Waals surface area contributed by atoms with E-state index in [9.17, 15) is 5.26 Å². The second kappa shape index (κ2) is 8.23. The van der Waals surface area contributed by atoms with E-state index in [-0.39, 0.29) is 12.4 Å². The van der Waals surface area contributed by atoms with Crippen molar-refractivity contribution in [2.24, 2.45) is 0 Å². The number of anilines is 1. The van der Waals surface area contributed by atoms with Gasteiger partial charge in [-0.2, -0.15) is 5.26 Å². The van der Waals surface area contributed by atoms with Gasteiger partial charge in [0.15, 0.2) is 0 Å². The summed E-state index contributed by atoms with van der Waals surface area (Å²) in [5, 5.41) is 9.50. The molecule has 0 bridgehead atoms. The molecule has 0 saturated carbocycles. The van der Waals surface area contributed by atoms with Crippen molar-refractivity contribution >= 4 is 29.7 Å². The average Bonchev–Trinajstić information content (AvgIpc) is 3.08. The number of halogens is 1. The quantitative estimate of drug-likeness (QED) is 0.619. The second-order valence-corrected chi connectivity index (χ2v) is 5.75. The molecule has 1 heterocycles. The maximum atomic E-state index is 9.50. The van der Waals surface area contributed by atoms with Crippen molar-refractivity contribution in [3.8, 4) is 11.8 Å². The van der Waals surface area contributed by atoms with Gasteiger partial charge in [-0.15, -0.1) is 12.4 Å². The van der Waals surface area contributed by atoms with Gasteiger partial charge in [0.25, 0.3) is 0 Å². The molecule has 0 aliphatic heterocycles. The normalized spacial score (nSPS) is 10.7. The highest BCUT2D eigenvalue weighted by Crippen LogP contribution is 2.22. The minimum absolute atomic E-state index is 0.